The molecule has 0 unspecified atom stereocenters. The van der Waals surface area contributed by atoms with Crippen molar-refractivity contribution in [3.05, 3.63) is 52.6 Å². The van der Waals surface area contributed by atoms with Crippen LogP contribution >= 0.6 is 11.8 Å². The van der Waals surface area contributed by atoms with Crippen LogP contribution < -0.4 is 4.74 Å². The quantitative estimate of drug-likeness (QED) is 0.402. The highest BCUT2D eigenvalue weighted by atomic mass is 32.2. The van der Waals surface area contributed by atoms with Crippen LogP contribution in [-0.2, 0) is 10.0 Å². The van der Waals surface area contributed by atoms with Crippen molar-refractivity contribution in [1.82, 2.24) is 4.31 Å². The molecule has 2 aromatic carbocycles. The van der Waals surface area contributed by atoms with Crippen molar-refractivity contribution in [2.75, 3.05) is 19.3 Å². The lowest BCUT2D eigenvalue weighted by molar-refractivity contribution is -0.385. The fraction of sp³-hybridized carbons (Fsp3) is 0.333. The number of benzene rings is 2. The van der Waals surface area contributed by atoms with E-state index in [0.29, 0.717) is 18.8 Å². The highest BCUT2D eigenvalue weighted by molar-refractivity contribution is 7.98. The zero-order chi connectivity index (χ0) is 19.4. The van der Waals surface area contributed by atoms with Crippen molar-refractivity contribution in [2.45, 2.75) is 29.1 Å². The predicted molar refractivity (Wildman–Crippen MR) is 104 cm³/mol. The van der Waals surface area contributed by atoms with E-state index in [1.165, 1.54) is 16.4 Å². The van der Waals surface area contributed by atoms with Gasteiger partial charge in [0.05, 0.1) is 9.82 Å². The number of hydrogen-bond acceptors (Lipinski definition) is 6. The van der Waals surface area contributed by atoms with E-state index >= 15 is 0 Å². The van der Waals surface area contributed by atoms with Gasteiger partial charge in [-0.3, -0.25) is 10.1 Å². The first-order chi connectivity index (χ1) is 12.9. The maximum atomic E-state index is 12.8. The van der Waals surface area contributed by atoms with Crippen LogP contribution in [0.5, 0.6) is 11.5 Å². The molecule has 27 heavy (non-hydrogen) atoms. The maximum absolute atomic E-state index is 12.8. The van der Waals surface area contributed by atoms with Gasteiger partial charge in [0.2, 0.25) is 15.8 Å². The summed E-state index contributed by atoms with van der Waals surface area (Å²) in [5.74, 6) is 0.456. The van der Waals surface area contributed by atoms with Crippen molar-refractivity contribution >= 4 is 27.5 Å². The Hall–Kier alpha value is -2.10. The van der Waals surface area contributed by atoms with Crippen LogP contribution in [0.2, 0.25) is 0 Å². The van der Waals surface area contributed by atoms with Crippen LogP contribution in [0.15, 0.2) is 52.3 Å². The van der Waals surface area contributed by atoms with Crippen LogP contribution in [0.4, 0.5) is 5.69 Å². The van der Waals surface area contributed by atoms with Crippen LogP contribution in [0.1, 0.15) is 19.3 Å². The molecular weight excluding hydrogens is 388 g/mol. The van der Waals surface area contributed by atoms with Crippen LogP contribution in [-0.4, -0.2) is 37.0 Å². The predicted octanol–water partition coefficient (Wildman–Crippen LogP) is 4.28. The van der Waals surface area contributed by atoms with Crippen molar-refractivity contribution in [3.63, 3.8) is 0 Å². The first kappa shape index (κ1) is 19.7. The Kier molecular flexibility index (Phi) is 6.03. The summed E-state index contributed by atoms with van der Waals surface area (Å²) >= 11 is 1.57. The van der Waals surface area contributed by atoms with E-state index in [1.807, 2.05) is 18.4 Å². The molecule has 9 heteroatoms. The lowest BCUT2D eigenvalue weighted by Gasteiger charge is -2.25. The van der Waals surface area contributed by atoms with Crippen molar-refractivity contribution in [3.8, 4) is 11.5 Å². The Labute approximate surface area is 162 Å². The van der Waals surface area contributed by atoms with Crippen LogP contribution in [0.3, 0.4) is 0 Å². The first-order valence-electron chi connectivity index (χ1n) is 8.52. The molecule has 1 aliphatic heterocycles. The van der Waals surface area contributed by atoms with Gasteiger partial charge in [0, 0.05) is 24.1 Å². The van der Waals surface area contributed by atoms with Gasteiger partial charge in [0.15, 0.2) is 0 Å². The van der Waals surface area contributed by atoms with E-state index in [9.17, 15) is 18.5 Å². The summed E-state index contributed by atoms with van der Waals surface area (Å²) in [7, 11) is -3.75. The average Bonchev–Trinajstić information content (AvgIpc) is 2.69. The molecule has 0 bridgehead atoms. The number of rotatable bonds is 6. The van der Waals surface area contributed by atoms with Gasteiger partial charge in [0.1, 0.15) is 5.75 Å². The van der Waals surface area contributed by atoms with Gasteiger partial charge >= 0.3 is 5.69 Å². The summed E-state index contributed by atoms with van der Waals surface area (Å²) in [4.78, 5) is 11.8. The van der Waals surface area contributed by atoms with Gasteiger partial charge < -0.3 is 4.74 Å². The molecule has 1 aliphatic rings. The average molecular weight is 409 g/mol. The normalized spacial score (nSPS) is 15.4. The molecule has 0 radical (unpaired) electrons. The molecule has 0 atom stereocenters. The Morgan fingerprint density at radius 2 is 1.74 bits per heavy atom. The van der Waals surface area contributed by atoms with Gasteiger partial charge in [-0.05, 0) is 55.5 Å². The van der Waals surface area contributed by atoms with Gasteiger partial charge in [-0.2, -0.15) is 4.31 Å². The highest BCUT2D eigenvalue weighted by Crippen LogP contribution is 2.35. The minimum Gasteiger partial charge on any atom is -0.450 e. The number of hydrogen-bond donors (Lipinski definition) is 0. The second-order valence-electron chi connectivity index (χ2n) is 6.13. The highest BCUT2D eigenvalue weighted by Gasteiger charge is 2.29. The molecule has 1 fully saturated rings. The number of ether oxygens (including phenoxy) is 1. The maximum Gasteiger partial charge on any atom is 0.312 e. The van der Waals surface area contributed by atoms with Gasteiger partial charge in [-0.1, -0.05) is 6.42 Å². The topological polar surface area (TPSA) is 89.8 Å². The van der Waals surface area contributed by atoms with Crippen molar-refractivity contribution in [1.29, 1.82) is 0 Å². The summed E-state index contributed by atoms with van der Waals surface area (Å²) in [5, 5.41) is 11.5. The van der Waals surface area contributed by atoms with E-state index in [1.54, 1.807) is 23.9 Å². The summed E-state index contributed by atoms with van der Waals surface area (Å²) in [6.07, 6.45) is 4.54. The fourth-order valence-electron chi connectivity index (χ4n) is 2.91. The molecule has 2 aromatic rings. The summed E-state index contributed by atoms with van der Waals surface area (Å²) in [6.45, 7) is 0.881. The Bertz CT molecular complexity index is 923. The molecule has 7 nitrogen and oxygen atoms in total. The Balaban J connectivity index is 1.91. The van der Waals surface area contributed by atoms with Crippen molar-refractivity contribution < 1.29 is 18.1 Å². The second kappa shape index (κ2) is 8.28. The molecule has 3 rings (SSSR count). The van der Waals surface area contributed by atoms with Gasteiger partial charge in [0.25, 0.3) is 0 Å². The summed E-state index contributed by atoms with van der Waals surface area (Å²) in [6, 6.07) is 10.9. The second-order valence-corrected chi connectivity index (χ2v) is 8.95. The standard InChI is InChI=1S/C18H20N2O5S2/c1-26-15-7-5-14(6-8-15)25-18-10-9-16(13-17(18)20(21)22)27(23,24)19-11-3-2-4-12-19/h5-10,13H,2-4,11-12H2,1H3. The lowest BCUT2D eigenvalue weighted by atomic mass is 10.2. The van der Waals surface area contributed by atoms with Crippen LogP contribution in [0, 0.1) is 10.1 Å². The number of sulfonamides is 1. The van der Waals surface area contributed by atoms with E-state index in [4.69, 9.17) is 4.74 Å². The van der Waals surface area contributed by atoms with Gasteiger partial charge in [-0.25, -0.2) is 8.42 Å². The molecule has 0 N–H and O–H groups in total. The number of thioether (sulfide) groups is 1. The minimum atomic E-state index is -3.75. The Morgan fingerprint density at radius 3 is 2.33 bits per heavy atom. The largest absolute Gasteiger partial charge is 0.450 e. The third-order valence-corrected chi connectivity index (χ3v) is 7.01. The summed E-state index contributed by atoms with van der Waals surface area (Å²) < 4.78 is 32.5. The Morgan fingerprint density at radius 1 is 1.07 bits per heavy atom. The van der Waals surface area contributed by atoms with Gasteiger partial charge in [-0.15, -0.1) is 11.8 Å². The monoisotopic (exact) mass is 408 g/mol. The SMILES string of the molecule is CSc1ccc(Oc2ccc(S(=O)(=O)N3CCCCC3)cc2[N+](=O)[O-])cc1. The number of nitro benzene ring substituents is 1. The first-order valence-corrected chi connectivity index (χ1v) is 11.2. The zero-order valence-corrected chi connectivity index (χ0v) is 16.5. The third-order valence-electron chi connectivity index (χ3n) is 4.37. The van der Waals surface area contributed by atoms with Crippen LogP contribution in [0.25, 0.3) is 0 Å². The van der Waals surface area contributed by atoms with Crippen molar-refractivity contribution in [2.24, 2.45) is 0 Å². The smallest absolute Gasteiger partial charge is 0.312 e. The van der Waals surface area contributed by atoms with E-state index in [0.717, 1.165) is 30.2 Å². The number of nitro groups is 1. The lowest BCUT2D eigenvalue weighted by Crippen LogP contribution is -2.35. The molecule has 0 aromatic heterocycles. The molecule has 0 aliphatic carbocycles. The van der Waals surface area contributed by atoms with E-state index in [2.05, 4.69) is 0 Å². The molecule has 1 saturated heterocycles. The zero-order valence-electron chi connectivity index (χ0n) is 14.8. The molecule has 1 heterocycles. The van der Waals surface area contributed by atoms with E-state index in [-0.39, 0.29) is 16.3 Å². The molecule has 0 spiro atoms. The molecule has 144 valence electrons. The van der Waals surface area contributed by atoms with E-state index < -0.39 is 14.9 Å². The summed E-state index contributed by atoms with van der Waals surface area (Å²) in [5.41, 5.74) is -0.373. The third kappa shape index (κ3) is 4.42. The molecular formula is C18H20N2O5S2. The number of nitrogens with zero attached hydrogens (tertiary/aromatic N) is 2. The molecule has 0 amide bonds. The fourth-order valence-corrected chi connectivity index (χ4v) is 4.86. The molecule has 0 saturated carbocycles. The minimum absolute atomic E-state index is 0.00879. The number of piperidine rings is 1.